The molecule has 0 atom stereocenters. The Morgan fingerprint density at radius 1 is 1.21 bits per heavy atom. The predicted molar refractivity (Wildman–Crippen MR) is 63.6 cm³/mol. The zero-order chi connectivity index (χ0) is 10.8. The van der Waals surface area contributed by atoms with E-state index in [1.807, 2.05) is 0 Å². The van der Waals surface area contributed by atoms with Crippen molar-refractivity contribution in [3.8, 4) is 0 Å². The molecular weight excluding hydrogens is 236 g/mol. The molecule has 1 rings (SSSR count). The van der Waals surface area contributed by atoms with Crippen LogP contribution >= 0.6 is 22.5 Å². The summed E-state index contributed by atoms with van der Waals surface area (Å²) in [6.45, 7) is 3.35. The van der Waals surface area contributed by atoms with Gasteiger partial charge in [0.25, 0.3) is 0 Å². The van der Waals surface area contributed by atoms with Crippen LogP contribution in [0, 0.1) is 0 Å². The van der Waals surface area contributed by atoms with E-state index in [1.165, 1.54) is 10.8 Å². The predicted octanol–water partition coefficient (Wildman–Crippen LogP) is 2.81. The Hall–Kier alpha value is -0.130. The molecular formula is C9H12O2S3. The van der Waals surface area contributed by atoms with Crippen LogP contribution in [-0.4, -0.2) is 13.7 Å². The van der Waals surface area contributed by atoms with E-state index >= 15 is 0 Å². The normalized spacial score (nSPS) is 12.0. The summed E-state index contributed by atoms with van der Waals surface area (Å²) in [6.07, 6.45) is 0. The first-order valence-electron chi connectivity index (χ1n) is 4.14. The standard InChI is InChI=1S/C9H12O2S3/c1-7(2)14(10,11)9-5-3-8(13-12)4-6-9/h3-7,12H,1-2H3. The molecule has 14 heavy (non-hydrogen) atoms. The SMILES string of the molecule is CC(C)S(=O)(=O)c1ccc(SS)cc1. The molecule has 0 amide bonds. The Morgan fingerprint density at radius 3 is 2.07 bits per heavy atom. The molecule has 0 radical (unpaired) electrons. The van der Waals surface area contributed by atoms with E-state index in [0.29, 0.717) is 4.90 Å². The summed E-state index contributed by atoms with van der Waals surface area (Å²) in [4.78, 5) is 1.31. The summed E-state index contributed by atoms with van der Waals surface area (Å²) in [5, 5.41) is -0.378. The highest BCUT2D eigenvalue weighted by atomic mass is 33.1. The molecule has 0 aliphatic rings. The van der Waals surface area contributed by atoms with E-state index in [1.54, 1.807) is 38.1 Å². The second-order valence-electron chi connectivity index (χ2n) is 3.16. The fourth-order valence-electron chi connectivity index (χ4n) is 0.962. The van der Waals surface area contributed by atoms with Gasteiger partial charge < -0.3 is 0 Å². The first-order chi connectivity index (χ1) is 6.48. The molecule has 0 N–H and O–H groups in total. The average Bonchev–Trinajstić information content (AvgIpc) is 2.17. The lowest BCUT2D eigenvalue weighted by molar-refractivity contribution is 0.587. The molecule has 0 spiro atoms. The summed E-state index contributed by atoms with van der Waals surface area (Å²) in [7, 11) is -1.84. The quantitative estimate of drug-likeness (QED) is 0.660. The highest BCUT2D eigenvalue weighted by Crippen LogP contribution is 2.24. The van der Waals surface area contributed by atoms with Crippen molar-refractivity contribution in [2.75, 3.05) is 0 Å². The Kier molecular flexibility index (Phi) is 3.92. The van der Waals surface area contributed by atoms with Gasteiger partial charge in [-0.25, -0.2) is 8.42 Å². The van der Waals surface area contributed by atoms with Gasteiger partial charge in [-0.15, -0.1) is 11.7 Å². The monoisotopic (exact) mass is 248 g/mol. The van der Waals surface area contributed by atoms with Crippen molar-refractivity contribution in [3.63, 3.8) is 0 Å². The van der Waals surface area contributed by atoms with Gasteiger partial charge in [0.2, 0.25) is 0 Å². The number of thiol groups is 1. The van der Waals surface area contributed by atoms with Crippen LogP contribution < -0.4 is 0 Å². The summed E-state index contributed by atoms with van der Waals surface area (Å²) in [6, 6.07) is 6.75. The molecule has 0 aliphatic heterocycles. The molecule has 0 unspecified atom stereocenters. The fourth-order valence-corrected chi connectivity index (χ4v) is 2.65. The van der Waals surface area contributed by atoms with E-state index in [0.717, 1.165) is 4.90 Å². The Labute approximate surface area is 93.8 Å². The summed E-state index contributed by atoms with van der Waals surface area (Å²) >= 11 is 4.02. The third-order valence-electron chi connectivity index (χ3n) is 1.88. The average molecular weight is 248 g/mol. The van der Waals surface area contributed by atoms with Gasteiger partial charge >= 0.3 is 0 Å². The van der Waals surface area contributed by atoms with E-state index in [4.69, 9.17) is 0 Å². The smallest absolute Gasteiger partial charge is 0.180 e. The van der Waals surface area contributed by atoms with Crippen LogP contribution in [0.3, 0.4) is 0 Å². The molecule has 2 nitrogen and oxygen atoms in total. The number of rotatable bonds is 3. The maximum Gasteiger partial charge on any atom is 0.180 e. The maximum absolute atomic E-state index is 11.7. The van der Waals surface area contributed by atoms with Gasteiger partial charge in [0, 0.05) is 4.90 Å². The minimum Gasteiger partial charge on any atom is -0.223 e. The van der Waals surface area contributed by atoms with Crippen LogP contribution in [0.4, 0.5) is 0 Å². The highest BCUT2D eigenvalue weighted by molar-refractivity contribution is 8.68. The minimum absolute atomic E-state index is 0.374. The molecule has 0 fully saturated rings. The van der Waals surface area contributed by atoms with Crippen LogP contribution in [0.1, 0.15) is 13.8 Å². The summed E-state index contributed by atoms with van der Waals surface area (Å²) < 4.78 is 23.4. The minimum atomic E-state index is -3.14. The number of hydrogen-bond acceptors (Lipinski definition) is 4. The van der Waals surface area contributed by atoms with Crippen LogP contribution in [-0.2, 0) is 9.84 Å². The Morgan fingerprint density at radius 2 is 1.71 bits per heavy atom. The number of sulfone groups is 1. The largest absolute Gasteiger partial charge is 0.223 e. The van der Waals surface area contributed by atoms with E-state index < -0.39 is 9.84 Å². The van der Waals surface area contributed by atoms with Gasteiger partial charge in [-0.3, -0.25) is 0 Å². The molecule has 5 heteroatoms. The highest BCUT2D eigenvalue weighted by Gasteiger charge is 2.18. The fraction of sp³-hybridized carbons (Fsp3) is 0.333. The maximum atomic E-state index is 11.7. The van der Waals surface area contributed by atoms with Gasteiger partial charge in [-0.2, -0.15) is 0 Å². The molecule has 78 valence electrons. The molecule has 0 aliphatic carbocycles. The molecule has 0 saturated carbocycles. The van der Waals surface area contributed by atoms with Crippen LogP contribution in [0.15, 0.2) is 34.1 Å². The van der Waals surface area contributed by atoms with Crippen LogP contribution in [0.2, 0.25) is 0 Å². The van der Waals surface area contributed by atoms with Crippen molar-refractivity contribution in [1.82, 2.24) is 0 Å². The lowest BCUT2D eigenvalue weighted by atomic mass is 10.4. The van der Waals surface area contributed by atoms with E-state index in [-0.39, 0.29) is 5.25 Å². The number of benzene rings is 1. The molecule has 0 saturated heterocycles. The molecule has 0 bridgehead atoms. The van der Waals surface area contributed by atoms with E-state index in [9.17, 15) is 8.42 Å². The first-order valence-corrected chi connectivity index (χ1v) is 7.55. The van der Waals surface area contributed by atoms with Crippen molar-refractivity contribution in [3.05, 3.63) is 24.3 Å². The van der Waals surface area contributed by atoms with Crippen molar-refractivity contribution >= 4 is 32.3 Å². The van der Waals surface area contributed by atoms with Gasteiger partial charge in [0.1, 0.15) is 0 Å². The molecule has 0 aromatic heterocycles. The Balaban J connectivity index is 3.10. The third kappa shape index (κ3) is 2.46. The third-order valence-corrected chi connectivity index (χ3v) is 5.16. The topological polar surface area (TPSA) is 34.1 Å². The van der Waals surface area contributed by atoms with Gasteiger partial charge in [-0.1, -0.05) is 10.8 Å². The lowest BCUT2D eigenvalue weighted by Crippen LogP contribution is -2.13. The van der Waals surface area contributed by atoms with Crippen molar-refractivity contribution in [2.45, 2.75) is 28.9 Å². The Bertz CT molecular complexity index is 393. The van der Waals surface area contributed by atoms with E-state index in [2.05, 4.69) is 11.7 Å². The summed E-state index contributed by atoms with van der Waals surface area (Å²) in [5.74, 6) is 0. The second kappa shape index (κ2) is 4.59. The number of hydrogen-bond donors (Lipinski definition) is 1. The zero-order valence-electron chi connectivity index (χ0n) is 7.97. The summed E-state index contributed by atoms with van der Waals surface area (Å²) in [5.41, 5.74) is 0. The molecule has 1 aromatic carbocycles. The zero-order valence-corrected chi connectivity index (χ0v) is 10.5. The van der Waals surface area contributed by atoms with Gasteiger partial charge in [0.05, 0.1) is 10.1 Å². The lowest BCUT2D eigenvalue weighted by Gasteiger charge is -2.07. The van der Waals surface area contributed by atoms with Crippen molar-refractivity contribution in [2.24, 2.45) is 0 Å². The second-order valence-corrected chi connectivity index (χ2v) is 6.86. The molecule has 1 aromatic rings. The first kappa shape index (κ1) is 11.9. The van der Waals surface area contributed by atoms with Crippen LogP contribution in [0.25, 0.3) is 0 Å². The van der Waals surface area contributed by atoms with Gasteiger partial charge in [0.15, 0.2) is 9.84 Å². The van der Waals surface area contributed by atoms with Crippen molar-refractivity contribution < 1.29 is 8.42 Å². The van der Waals surface area contributed by atoms with Crippen LogP contribution in [0.5, 0.6) is 0 Å². The molecule has 0 heterocycles. The van der Waals surface area contributed by atoms with Gasteiger partial charge in [-0.05, 0) is 38.1 Å². The van der Waals surface area contributed by atoms with Crippen molar-refractivity contribution in [1.29, 1.82) is 0 Å².